The van der Waals surface area contributed by atoms with Gasteiger partial charge in [-0.1, -0.05) is 31.2 Å². The quantitative estimate of drug-likeness (QED) is 0.914. The highest BCUT2D eigenvalue weighted by Gasteiger charge is 2.16. The summed E-state index contributed by atoms with van der Waals surface area (Å²) in [4.78, 5) is 7.34. The fourth-order valence-electron chi connectivity index (χ4n) is 3.16. The molecule has 21 heavy (non-hydrogen) atoms. The first-order valence-corrected chi connectivity index (χ1v) is 8.13. The molecule has 1 fully saturated rings. The Hall–Kier alpha value is -1.45. The summed E-state index contributed by atoms with van der Waals surface area (Å²) in [5.74, 6) is 0.839. The molecule has 1 aliphatic rings. The highest BCUT2D eigenvalue weighted by atomic mass is 15.1. The number of fused-ring (bicyclic) bond motifs is 1. The number of piperidine rings is 1. The molecule has 0 atom stereocenters. The summed E-state index contributed by atoms with van der Waals surface area (Å²) in [6.45, 7) is 7.87. The van der Waals surface area contributed by atoms with Gasteiger partial charge in [-0.2, -0.15) is 0 Å². The molecule has 0 spiro atoms. The number of nitrogens with one attached hydrogen (secondary N) is 1. The lowest BCUT2D eigenvalue weighted by molar-refractivity contribution is 0.205. The molecule has 1 saturated heterocycles. The molecule has 3 heteroatoms. The van der Waals surface area contributed by atoms with Crippen LogP contribution in [0.25, 0.3) is 10.9 Å². The lowest BCUT2D eigenvalue weighted by Crippen LogP contribution is -2.36. The van der Waals surface area contributed by atoms with Crippen molar-refractivity contribution in [3.05, 3.63) is 42.1 Å². The van der Waals surface area contributed by atoms with E-state index < -0.39 is 0 Å². The number of benzene rings is 1. The minimum Gasteiger partial charge on any atom is -0.317 e. The average molecular weight is 283 g/mol. The van der Waals surface area contributed by atoms with E-state index in [1.165, 1.54) is 43.6 Å². The zero-order valence-corrected chi connectivity index (χ0v) is 12.9. The van der Waals surface area contributed by atoms with Crippen molar-refractivity contribution in [1.29, 1.82) is 0 Å². The number of aromatic nitrogens is 1. The summed E-state index contributed by atoms with van der Waals surface area (Å²) < 4.78 is 0. The first-order valence-electron chi connectivity index (χ1n) is 8.13. The molecule has 3 rings (SSSR count). The molecule has 0 aliphatic carbocycles. The molecular weight excluding hydrogens is 258 g/mol. The molecule has 1 N–H and O–H groups in total. The van der Waals surface area contributed by atoms with Gasteiger partial charge in [0.25, 0.3) is 0 Å². The van der Waals surface area contributed by atoms with Crippen LogP contribution in [0.4, 0.5) is 0 Å². The molecular formula is C18H25N3. The Morgan fingerprint density at radius 2 is 1.95 bits per heavy atom. The highest BCUT2D eigenvalue weighted by Crippen LogP contribution is 2.16. The predicted octanol–water partition coefficient (Wildman–Crippen LogP) is 3.06. The van der Waals surface area contributed by atoms with E-state index in [1.54, 1.807) is 0 Å². The zero-order valence-electron chi connectivity index (χ0n) is 12.9. The lowest BCUT2D eigenvalue weighted by atomic mass is 9.97. The lowest BCUT2D eigenvalue weighted by Gasteiger charge is -2.29. The van der Waals surface area contributed by atoms with Gasteiger partial charge in [-0.3, -0.25) is 9.88 Å². The number of rotatable bonds is 5. The summed E-state index contributed by atoms with van der Waals surface area (Å²) in [7, 11) is 0. The van der Waals surface area contributed by atoms with E-state index in [9.17, 15) is 0 Å². The zero-order chi connectivity index (χ0) is 14.5. The molecule has 112 valence electrons. The van der Waals surface area contributed by atoms with E-state index >= 15 is 0 Å². The summed E-state index contributed by atoms with van der Waals surface area (Å²) in [6, 6.07) is 12.7. The van der Waals surface area contributed by atoms with E-state index in [-0.39, 0.29) is 0 Å². The number of pyridine rings is 1. The van der Waals surface area contributed by atoms with Crippen LogP contribution in [-0.4, -0.2) is 36.1 Å². The van der Waals surface area contributed by atoms with Crippen LogP contribution in [0.1, 0.15) is 25.5 Å². The van der Waals surface area contributed by atoms with Gasteiger partial charge in [-0.25, -0.2) is 0 Å². The largest absolute Gasteiger partial charge is 0.317 e. The maximum atomic E-state index is 4.80. The van der Waals surface area contributed by atoms with Crippen molar-refractivity contribution in [2.24, 2.45) is 5.92 Å². The molecule has 2 heterocycles. The van der Waals surface area contributed by atoms with E-state index in [1.807, 2.05) is 0 Å². The topological polar surface area (TPSA) is 28.2 Å². The highest BCUT2D eigenvalue weighted by molar-refractivity contribution is 5.78. The van der Waals surface area contributed by atoms with Crippen LogP contribution in [0.15, 0.2) is 36.4 Å². The molecule has 1 aliphatic heterocycles. The SMILES string of the molecule is CCN(Cc1ccc2ccccc2n1)CC1CCNCC1. The maximum Gasteiger partial charge on any atom is 0.0705 e. The second kappa shape index (κ2) is 7.01. The van der Waals surface area contributed by atoms with Gasteiger partial charge in [0.15, 0.2) is 0 Å². The summed E-state index contributed by atoms with van der Waals surface area (Å²) in [5.41, 5.74) is 2.29. The normalized spacial score (nSPS) is 16.7. The molecule has 3 nitrogen and oxygen atoms in total. The van der Waals surface area contributed by atoms with Crippen molar-refractivity contribution >= 4 is 10.9 Å². The second-order valence-electron chi connectivity index (χ2n) is 6.02. The molecule has 1 aromatic heterocycles. The van der Waals surface area contributed by atoms with Gasteiger partial charge >= 0.3 is 0 Å². The standard InChI is InChI=1S/C18H25N3/c1-2-21(13-15-9-11-19-12-10-15)14-17-8-7-16-5-3-4-6-18(16)20-17/h3-8,15,19H,2,9-14H2,1H3. The van der Waals surface area contributed by atoms with E-state index in [0.29, 0.717) is 0 Å². The van der Waals surface area contributed by atoms with Crippen molar-refractivity contribution < 1.29 is 0 Å². The summed E-state index contributed by atoms with van der Waals surface area (Å²) in [6.07, 6.45) is 2.61. The number of para-hydroxylation sites is 1. The van der Waals surface area contributed by atoms with Gasteiger partial charge in [0.1, 0.15) is 0 Å². The Labute approximate surface area is 127 Å². The van der Waals surface area contributed by atoms with E-state index in [2.05, 4.69) is 53.5 Å². The van der Waals surface area contributed by atoms with E-state index in [4.69, 9.17) is 4.98 Å². The van der Waals surface area contributed by atoms with Gasteiger partial charge in [0, 0.05) is 18.5 Å². The van der Waals surface area contributed by atoms with Gasteiger partial charge in [0.2, 0.25) is 0 Å². The van der Waals surface area contributed by atoms with Crippen LogP contribution in [0.2, 0.25) is 0 Å². The van der Waals surface area contributed by atoms with Crippen molar-refractivity contribution in [3.8, 4) is 0 Å². The van der Waals surface area contributed by atoms with Crippen molar-refractivity contribution in [3.63, 3.8) is 0 Å². The first kappa shape index (κ1) is 14.5. The third-order valence-corrected chi connectivity index (χ3v) is 4.46. The third kappa shape index (κ3) is 3.80. The number of nitrogens with zero attached hydrogens (tertiary/aromatic N) is 2. The first-order chi connectivity index (χ1) is 10.3. The Morgan fingerprint density at radius 3 is 2.76 bits per heavy atom. The van der Waals surface area contributed by atoms with Crippen molar-refractivity contribution in [2.45, 2.75) is 26.3 Å². The van der Waals surface area contributed by atoms with Gasteiger partial charge in [-0.15, -0.1) is 0 Å². The third-order valence-electron chi connectivity index (χ3n) is 4.46. The second-order valence-corrected chi connectivity index (χ2v) is 6.02. The predicted molar refractivity (Wildman–Crippen MR) is 88.3 cm³/mol. The Balaban J connectivity index is 1.66. The van der Waals surface area contributed by atoms with Gasteiger partial charge in [0.05, 0.1) is 11.2 Å². The van der Waals surface area contributed by atoms with Crippen molar-refractivity contribution in [2.75, 3.05) is 26.2 Å². The fourth-order valence-corrected chi connectivity index (χ4v) is 3.16. The van der Waals surface area contributed by atoms with Crippen LogP contribution in [0, 0.1) is 5.92 Å². The molecule has 2 aromatic rings. The van der Waals surface area contributed by atoms with Crippen LogP contribution in [-0.2, 0) is 6.54 Å². The van der Waals surface area contributed by atoms with Crippen LogP contribution >= 0.6 is 0 Å². The molecule has 0 bridgehead atoms. The average Bonchev–Trinajstić information content (AvgIpc) is 2.55. The molecule has 1 aromatic carbocycles. The fraction of sp³-hybridized carbons (Fsp3) is 0.500. The number of hydrogen-bond donors (Lipinski definition) is 1. The molecule has 0 amide bonds. The summed E-state index contributed by atoms with van der Waals surface area (Å²) >= 11 is 0. The molecule has 0 saturated carbocycles. The molecule has 0 unspecified atom stereocenters. The minimum atomic E-state index is 0.839. The Kier molecular flexibility index (Phi) is 4.84. The Bertz CT molecular complexity index is 575. The van der Waals surface area contributed by atoms with Crippen LogP contribution in [0.5, 0.6) is 0 Å². The van der Waals surface area contributed by atoms with E-state index in [0.717, 1.165) is 24.5 Å². The monoisotopic (exact) mass is 283 g/mol. The summed E-state index contributed by atoms with van der Waals surface area (Å²) in [5, 5.41) is 4.67. The maximum absolute atomic E-state index is 4.80. The van der Waals surface area contributed by atoms with Crippen LogP contribution in [0.3, 0.4) is 0 Å². The minimum absolute atomic E-state index is 0.839. The Morgan fingerprint density at radius 1 is 1.14 bits per heavy atom. The number of hydrogen-bond acceptors (Lipinski definition) is 3. The van der Waals surface area contributed by atoms with Gasteiger partial charge < -0.3 is 5.32 Å². The van der Waals surface area contributed by atoms with Gasteiger partial charge in [-0.05, 0) is 50.5 Å². The van der Waals surface area contributed by atoms with Crippen LogP contribution < -0.4 is 5.32 Å². The van der Waals surface area contributed by atoms with Crippen molar-refractivity contribution in [1.82, 2.24) is 15.2 Å². The molecule has 0 radical (unpaired) electrons. The smallest absolute Gasteiger partial charge is 0.0705 e.